The van der Waals surface area contributed by atoms with Gasteiger partial charge in [0, 0.05) is 12.1 Å². The number of benzene rings is 2. The molecule has 1 atom stereocenters. The molecule has 0 spiro atoms. The molecule has 1 aromatic heterocycles. The zero-order chi connectivity index (χ0) is 17.1. The fourth-order valence-corrected chi connectivity index (χ4v) is 2.83. The highest BCUT2D eigenvalue weighted by Gasteiger charge is 2.18. The van der Waals surface area contributed by atoms with Crippen LogP contribution in [0.5, 0.6) is 0 Å². The summed E-state index contributed by atoms with van der Waals surface area (Å²) in [6.45, 7) is 4.86. The largest absolute Gasteiger partial charge is 0.342 e. The van der Waals surface area contributed by atoms with Crippen LogP contribution in [0.1, 0.15) is 42.5 Å². The summed E-state index contributed by atoms with van der Waals surface area (Å²) >= 11 is 0. The van der Waals surface area contributed by atoms with Crippen LogP contribution in [0, 0.1) is 5.82 Å². The molecule has 1 heterocycles. The van der Waals surface area contributed by atoms with Crippen molar-refractivity contribution in [1.29, 1.82) is 0 Å². The molecular formula is C19H20FN3O. The molecule has 0 saturated carbocycles. The van der Waals surface area contributed by atoms with Crippen LogP contribution in [-0.2, 0) is 6.54 Å². The predicted octanol–water partition coefficient (Wildman–Crippen LogP) is 4.08. The minimum absolute atomic E-state index is 0.238. The molecule has 5 heteroatoms. The van der Waals surface area contributed by atoms with E-state index in [1.807, 2.05) is 31.2 Å². The van der Waals surface area contributed by atoms with Crippen LogP contribution in [0.3, 0.4) is 0 Å². The van der Waals surface area contributed by atoms with Crippen molar-refractivity contribution >= 4 is 16.9 Å². The lowest BCUT2D eigenvalue weighted by Crippen LogP contribution is -2.28. The normalized spacial score (nSPS) is 12.3. The zero-order valence-electron chi connectivity index (χ0n) is 13.8. The van der Waals surface area contributed by atoms with Crippen LogP contribution < -0.4 is 5.32 Å². The molecule has 4 nitrogen and oxygen atoms in total. The molecule has 3 aromatic rings. The molecule has 0 radical (unpaired) electrons. The van der Waals surface area contributed by atoms with Crippen molar-refractivity contribution in [3.8, 4) is 0 Å². The minimum atomic E-state index is -0.357. The lowest BCUT2D eigenvalue weighted by molar-refractivity contribution is 0.0937. The number of carbonyl (C=O) groups is 1. The second kappa shape index (κ2) is 6.83. The summed E-state index contributed by atoms with van der Waals surface area (Å²) in [7, 11) is 0. The molecule has 2 aromatic carbocycles. The number of carbonyl (C=O) groups excluding carboxylic acids is 1. The number of nitrogens with one attached hydrogen (secondary N) is 1. The molecule has 0 bridgehead atoms. The Kier molecular flexibility index (Phi) is 4.60. The monoisotopic (exact) mass is 325 g/mol. The lowest BCUT2D eigenvalue weighted by atomic mass is 10.2. The van der Waals surface area contributed by atoms with E-state index in [0.717, 1.165) is 29.8 Å². The Morgan fingerprint density at radius 3 is 2.62 bits per heavy atom. The summed E-state index contributed by atoms with van der Waals surface area (Å²) in [6.07, 6.45) is 0.978. The second-order valence-corrected chi connectivity index (χ2v) is 5.81. The summed E-state index contributed by atoms with van der Waals surface area (Å²) < 4.78 is 15.1. The van der Waals surface area contributed by atoms with Gasteiger partial charge in [0.05, 0.1) is 17.1 Å². The molecule has 1 amide bonds. The molecule has 3 rings (SSSR count). The minimum Gasteiger partial charge on any atom is -0.342 e. The highest BCUT2D eigenvalue weighted by molar-refractivity contribution is 5.94. The van der Waals surface area contributed by atoms with Crippen LogP contribution >= 0.6 is 0 Å². The van der Waals surface area contributed by atoms with Gasteiger partial charge in [-0.3, -0.25) is 4.79 Å². The van der Waals surface area contributed by atoms with Gasteiger partial charge in [-0.05, 0) is 49.7 Å². The molecule has 0 saturated heterocycles. The summed E-state index contributed by atoms with van der Waals surface area (Å²) in [5.41, 5.74) is 2.42. The van der Waals surface area contributed by atoms with Crippen LogP contribution in [-0.4, -0.2) is 15.5 Å². The van der Waals surface area contributed by atoms with Crippen LogP contribution in [0.15, 0.2) is 48.5 Å². The molecule has 0 aliphatic carbocycles. The molecule has 0 aliphatic heterocycles. The maximum atomic E-state index is 13.0. The Balaban J connectivity index is 1.87. The molecule has 24 heavy (non-hydrogen) atoms. The van der Waals surface area contributed by atoms with E-state index in [2.05, 4.69) is 21.8 Å². The van der Waals surface area contributed by atoms with Crippen molar-refractivity contribution in [2.45, 2.75) is 32.9 Å². The van der Waals surface area contributed by atoms with Gasteiger partial charge in [-0.25, -0.2) is 9.37 Å². The van der Waals surface area contributed by atoms with Gasteiger partial charge >= 0.3 is 0 Å². The number of imidazole rings is 1. The molecule has 0 fully saturated rings. The number of rotatable bonds is 5. The number of para-hydroxylation sites is 2. The molecule has 0 aliphatic rings. The molecular weight excluding hydrogens is 305 g/mol. The first-order valence-corrected chi connectivity index (χ1v) is 8.11. The maximum absolute atomic E-state index is 13.0. The standard InChI is InChI=1S/C19H20FN3O/c1-3-12-23-17-7-5-4-6-16(17)22-18(23)13(2)21-19(24)14-8-10-15(20)11-9-14/h4-11,13H,3,12H2,1-2H3,(H,21,24)/t13-/m0/s1. The van der Waals surface area contributed by atoms with Crippen molar-refractivity contribution in [3.05, 3.63) is 65.7 Å². The number of aromatic nitrogens is 2. The average molecular weight is 325 g/mol. The Morgan fingerprint density at radius 2 is 1.92 bits per heavy atom. The van der Waals surface area contributed by atoms with Crippen molar-refractivity contribution in [2.75, 3.05) is 0 Å². The zero-order valence-corrected chi connectivity index (χ0v) is 13.8. The Hall–Kier alpha value is -2.69. The Morgan fingerprint density at radius 1 is 1.21 bits per heavy atom. The number of hydrogen-bond donors (Lipinski definition) is 1. The van der Waals surface area contributed by atoms with E-state index in [0.29, 0.717) is 5.56 Å². The van der Waals surface area contributed by atoms with Gasteiger partial charge in [-0.15, -0.1) is 0 Å². The third kappa shape index (κ3) is 3.15. The van der Waals surface area contributed by atoms with Gasteiger partial charge in [0.15, 0.2) is 0 Å². The summed E-state index contributed by atoms with van der Waals surface area (Å²) in [6, 6.07) is 13.2. The Bertz CT molecular complexity index is 855. The summed E-state index contributed by atoms with van der Waals surface area (Å²) in [5, 5.41) is 2.95. The quantitative estimate of drug-likeness (QED) is 0.768. The first kappa shape index (κ1) is 16.2. The van der Waals surface area contributed by atoms with Gasteiger partial charge in [0.25, 0.3) is 5.91 Å². The smallest absolute Gasteiger partial charge is 0.251 e. The SMILES string of the molecule is CCCn1c([C@H](C)NC(=O)c2ccc(F)cc2)nc2ccccc21. The van der Waals surface area contributed by atoms with Gasteiger partial charge < -0.3 is 9.88 Å². The summed E-state index contributed by atoms with van der Waals surface area (Å²) in [4.78, 5) is 17.0. The van der Waals surface area contributed by atoms with Crippen molar-refractivity contribution in [1.82, 2.24) is 14.9 Å². The van der Waals surface area contributed by atoms with Crippen LogP contribution in [0.25, 0.3) is 11.0 Å². The maximum Gasteiger partial charge on any atom is 0.251 e. The summed E-state index contributed by atoms with van der Waals surface area (Å²) in [5.74, 6) is 0.232. The number of amides is 1. The first-order chi connectivity index (χ1) is 11.6. The third-order valence-corrected chi connectivity index (χ3v) is 3.97. The second-order valence-electron chi connectivity index (χ2n) is 5.81. The van der Waals surface area contributed by atoms with E-state index < -0.39 is 0 Å². The van der Waals surface area contributed by atoms with E-state index in [1.165, 1.54) is 24.3 Å². The van der Waals surface area contributed by atoms with Crippen LogP contribution in [0.2, 0.25) is 0 Å². The van der Waals surface area contributed by atoms with E-state index in [1.54, 1.807) is 0 Å². The number of fused-ring (bicyclic) bond motifs is 1. The van der Waals surface area contributed by atoms with Gasteiger partial charge in [-0.1, -0.05) is 19.1 Å². The van der Waals surface area contributed by atoms with Crippen molar-refractivity contribution in [3.63, 3.8) is 0 Å². The van der Waals surface area contributed by atoms with Crippen molar-refractivity contribution in [2.24, 2.45) is 0 Å². The molecule has 1 N–H and O–H groups in total. The van der Waals surface area contributed by atoms with E-state index in [9.17, 15) is 9.18 Å². The van der Waals surface area contributed by atoms with E-state index in [4.69, 9.17) is 0 Å². The first-order valence-electron chi connectivity index (χ1n) is 8.11. The van der Waals surface area contributed by atoms with Gasteiger partial charge in [0.1, 0.15) is 11.6 Å². The van der Waals surface area contributed by atoms with Crippen molar-refractivity contribution < 1.29 is 9.18 Å². The number of aryl methyl sites for hydroxylation is 1. The lowest BCUT2D eigenvalue weighted by Gasteiger charge is -2.16. The topological polar surface area (TPSA) is 46.9 Å². The predicted molar refractivity (Wildman–Crippen MR) is 92.3 cm³/mol. The Labute approximate surface area is 140 Å². The fraction of sp³-hybridized carbons (Fsp3) is 0.263. The number of hydrogen-bond acceptors (Lipinski definition) is 2. The fourth-order valence-electron chi connectivity index (χ4n) is 2.83. The number of halogens is 1. The molecule has 124 valence electrons. The highest BCUT2D eigenvalue weighted by atomic mass is 19.1. The molecule has 0 unspecified atom stereocenters. The highest BCUT2D eigenvalue weighted by Crippen LogP contribution is 2.21. The average Bonchev–Trinajstić information content (AvgIpc) is 2.95. The van der Waals surface area contributed by atoms with Gasteiger partial charge in [0.2, 0.25) is 0 Å². The van der Waals surface area contributed by atoms with Crippen LogP contribution in [0.4, 0.5) is 4.39 Å². The number of nitrogens with zero attached hydrogens (tertiary/aromatic N) is 2. The van der Waals surface area contributed by atoms with E-state index >= 15 is 0 Å². The van der Waals surface area contributed by atoms with E-state index in [-0.39, 0.29) is 17.8 Å². The van der Waals surface area contributed by atoms with Gasteiger partial charge in [-0.2, -0.15) is 0 Å². The third-order valence-electron chi connectivity index (χ3n) is 3.97.